The van der Waals surface area contributed by atoms with E-state index >= 15 is 0 Å². The number of hydrogen-bond donors (Lipinski definition) is 0. The number of pyridine rings is 1. The van der Waals surface area contributed by atoms with Gasteiger partial charge in [0.15, 0.2) is 0 Å². The first-order valence-electron chi connectivity index (χ1n) is 6.13. The number of ether oxygens (including phenoxy) is 1. The number of halogens is 4. The van der Waals surface area contributed by atoms with Crippen LogP contribution in [0.1, 0.15) is 18.4 Å². The molecule has 2 rings (SSSR count). The third-order valence-electron chi connectivity index (χ3n) is 2.83. The van der Waals surface area contributed by atoms with Gasteiger partial charge in [0.1, 0.15) is 0 Å². The summed E-state index contributed by atoms with van der Waals surface area (Å²) in [6.45, 7) is -0.0171. The molecule has 0 spiro atoms. The molecular weight excluding hydrogens is 291 g/mol. The fourth-order valence-electron chi connectivity index (χ4n) is 1.89. The lowest BCUT2D eigenvalue weighted by Gasteiger charge is -2.11. The van der Waals surface area contributed by atoms with Gasteiger partial charge in [0.2, 0.25) is 5.88 Å². The molecule has 0 atom stereocenters. The Labute approximate surface area is 119 Å². The Morgan fingerprint density at radius 2 is 1.85 bits per heavy atom. The Morgan fingerprint density at radius 1 is 1.15 bits per heavy atom. The average Bonchev–Trinajstić information content (AvgIpc) is 2.42. The van der Waals surface area contributed by atoms with E-state index in [0.29, 0.717) is 11.8 Å². The van der Waals surface area contributed by atoms with Crippen LogP contribution in [0.5, 0.6) is 5.88 Å². The second-order valence-corrected chi connectivity index (χ2v) is 4.60. The van der Waals surface area contributed by atoms with Crippen molar-refractivity contribution in [3.05, 3.63) is 36.0 Å². The molecule has 2 aromatic rings. The lowest BCUT2D eigenvalue weighted by Crippen LogP contribution is -2.10. The summed E-state index contributed by atoms with van der Waals surface area (Å²) >= 11 is 5.83. The number of alkyl halides is 4. The van der Waals surface area contributed by atoms with Crippen LogP contribution in [-0.4, -0.2) is 17.8 Å². The largest absolute Gasteiger partial charge is 0.477 e. The van der Waals surface area contributed by atoms with Crippen molar-refractivity contribution < 1.29 is 17.9 Å². The van der Waals surface area contributed by atoms with E-state index in [2.05, 4.69) is 4.98 Å². The van der Waals surface area contributed by atoms with E-state index in [4.69, 9.17) is 16.3 Å². The number of rotatable bonds is 5. The van der Waals surface area contributed by atoms with Gasteiger partial charge in [0.05, 0.1) is 6.61 Å². The van der Waals surface area contributed by atoms with Crippen LogP contribution in [-0.2, 0) is 5.88 Å². The predicted octanol–water partition coefficient (Wildman–Crippen LogP) is 4.69. The molecule has 1 aromatic heterocycles. The van der Waals surface area contributed by atoms with Gasteiger partial charge in [0, 0.05) is 23.9 Å². The summed E-state index contributed by atoms with van der Waals surface area (Å²) in [6, 6.07) is 7.39. The van der Waals surface area contributed by atoms with Crippen molar-refractivity contribution in [1.29, 1.82) is 0 Å². The molecule has 2 nitrogen and oxygen atoms in total. The standard InChI is InChI=1S/C14H13ClF3NO/c15-8-10-9-19-13(12-5-2-1-4-11(10)12)20-7-3-6-14(16,17)18/h1-2,4-5,9H,3,6-8H2. The number of nitrogens with zero attached hydrogens (tertiary/aromatic N) is 1. The minimum Gasteiger partial charge on any atom is -0.477 e. The summed E-state index contributed by atoms with van der Waals surface area (Å²) in [4.78, 5) is 4.12. The van der Waals surface area contributed by atoms with Gasteiger partial charge >= 0.3 is 6.18 Å². The summed E-state index contributed by atoms with van der Waals surface area (Å²) in [6.07, 6.45) is -3.50. The van der Waals surface area contributed by atoms with Crippen LogP contribution in [0.2, 0.25) is 0 Å². The van der Waals surface area contributed by atoms with Crippen LogP contribution >= 0.6 is 11.6 Å². The zero-order valence-corrected chi connectivity index (χ0v) is 11.3. The highest BCUT2D eigenvalue weighted by atomic mass is 35.5. The van der Waals surface area contributed by atoms with E-state index in [1.807, 2.05) is 24.3 Å². The predicted molar refractivity (Wildman–Crippen MR) is 72.1 cm³/mol. The third-order valence-corrected chi connectivity index (χ3v) is 3.12. The third kappa shape index (κ3) is 3.76. The molecule has 0 unspecified atom stereocenters. The molecule has 1 heterocycles. The van der Waals surface area contributed by atoms with Crippen molar-refractivity contribution >= 4 is 22.4 Å². The fraction of sp³-hybridized carbons (Fsp3) is 0.357. The van der Waals surface area contributed by atoms with Gasteiger partial charge in [-0.1, -0.05) is 18.2 Å². The summed E-state index contributed by atoms with van der Waals surface area (Å²) in [7, 11) is 0. The Kier molecular flexibility index (Phi) is 4.70. The van der Waals surface area contributed by atoms with Crippen LogP contribution in [0.4, 0.5) is 13.2 Å². The Hall–Kier alpha value is -1.49. The molecule has 0 radical (unpaired) electrons. The van der Waals surface area contributed by atoms with Gasteiger partial charge < -0.3 is 4.74 Å². The minimum atomic E-state index is -4.15. The van der Waals surface area contributed by atoms with Gasteiger partial charge in [-0.2, -0.15) is 13.2 Å². The van der Waals surface area contributed by atoms with E-state index in [0.717, 1.165) is 16.3 Å². The molecule has 0 N–H and O–H groups in total. The molecule has 1 aromatic carbocycles. The summed E-state index contributed by atoms with van der Waals surface area (Å²) in [5.41, 5.74) is 0.866. The van der Waals surface area contributed by atoms with Gasteiger partial charge in [-0.3, -0.25) is 0 Å². The first-order chi connectivity index (χ1) is 9.51. The Morgan fingerprint density at radius 3 is 2.50 bits per heavy atom. The highest BCUT2D eigenvalue weighted by Gasteiger charge is 2.26. The van der Waals surface area contributed by atoms with Crippen LogP contribution in [0.3, 0.4) is 0 Å². The summed E-state index contributed by atoms with van der Waals surface area (Å²) in [5, 5.41) is 1.67. The molecule has 0 amide bonds. The SMILES string of the molecule is FC(F)(F)CCCOc1ncc(CCl)c2ccccc12. The first kappa shape index (κ1) is 14.9. The smallest absolute Gasteiger partial charge is 0.389 e. The summed E-state index contributed by atoms with van der Waals surface area (Å²) < 4.78 is 41.5. The van der Waals surface area contributed by atoms with Crippen LogP contribution in [0.25, 0.3) is 10.8 Å². The van der Waals surface area contributed by atoms with E-state index in [-0.39, 0.29) is 13.0 Å². The van der Waals surface area contributed by atoms with Gasteiger partial charge in [0.25, 0.3) is 0 Å². The maximum atomic E-state index is 12.0. The molecule has 6 heteroatoms. The molecule has 0 bridgehead atoms. The number of benzene rings is 1. The first-order valence-corrected chi connectivity index (χ1v) is 6.67. The maximum absolute atomic E-state index is 12.0. The number of fused-ring (bicyclic) bond motifs is 1. The highest BCUT2D eigenvalue weighted by Crippen LogP contribution is 2.27. The van der Waals surface area contributed by atoms with Crippen molar-refractivity contribution in [3.8, 4) is 5.88 Å². The Bertz CT molecular complexity index is 586. The quantitative estimate of drug-likeness (QED) is 0.590. The summed E-state index contributed by atoms with van der Waals surface area (Å²) in [5.74, 6) is 0.665. The fourth-order valence-corrected chi connectivity index (χ4v) is 2.10. The molecule has 108 valence electrons. The molecule has 0 saturated heterocycles. The molecular formula is C14H13ClF3NO. The second kappa shape index (κ2) is 6.31. The van der Waals surface area contributed by atoms with Crippen molar-refractivity contribution in [2.45, 2.75) is 24.9 Å². The van der Waals surface area contributed by atoms with Crippen molar-refractivity contribution in [2.24, 2.45) is 0 Å². The van der Waals surface area contributed by atoms with E-state index in [1.165, 1.54) is 0 Å². The number of hydrogen-bond acceptors (Lipinski definition) is 2. The van der Waals surface area contributed by atoms with Gasteiger partial charge in [-0.05, 0) is 23.4 Å². The van der Waals surface area contributed by atoms with Gasteiger partial charge in [-0.15, -0.1) is 11.6 Å². The molecule has 0 aliphatic rings. The lowest BCUT2D eigenvalue weighted by molar-refractivity contribution is -0.136. The minimum absolute atomic E-state index is 0.0171. The molecule has 0 fully saturated rings. The van der Waals surface area contributed by atoms with Crippen molar-refractivity contribution in [2.75, 3.05) is 6.61 Å². The molecule has 0 aliphatic heterocycles. The van der Waals surface area contributed by atoms with E-state index < -0.39 is 12.6 Å². The maximum Gasteiger partial charge on any atom is 0.389 e. The second-order valence-electron chi connectivity index (χ2n) is 4.33. The van der Waals surface area contributed by atoms with Crippen LogP contribution in [0, 0.1) is 0 Å². The topological polar surface area (TPSA) is 22.1 Å². The molecule has 0 saturated carbocycles. The Balaban J connectivity index is 2.11. The molecule has 0 aliphatic carbocycles. The van der Waals surface area contributed by atoms with E-state index in [1.54, 1.807) is 6.20 Å². The van der Waals surface area contributed by atoms with Crippen molar-refractivity contribution in [3.63, 3.8) is 0 Å². The van der Waals surface area contributed by atoms with Crippen LogP contribution in [0.15, 0.2) is 30.5 Å². The lowest BCUT2D eigenvalue weighted by atomic mass is 10.1. The highest BCUT2D eigenvalue weighted by molar-refractivity contribution is 6.18. The van der Waals surface area contributed by atoms with Crippen molar-refractivity contribution in [1.82, 2.24) is 4.98 Å². The number of aromatic nitrogens is 1. The molecule has 20 heavy (non-hydrogen) atoms. The normalized spacial score (nSPS) is 11.8. The zero-order chi connectivity index (χ0) is 14.6. The van der Waals surface area contributed by atoms with Crippen LogP contribution < -0.4 is 4.74 Å². The zero-order valence-electron chi connectivity index (χ0n) is 10.6. The van der Waals surface area contributed by atoms with Gasteiger partial charge in [-0.25, -0.2) is 4.98 Å². The average molecular weight is 304 g/mol. The monoisotopic (exact) mass is 303 g/mol. The van der Waals surface area contributed by atoms with E-state index in [9.17, 15) is 13.2 Å².